The molecule has 0 atom stereocenters. The van der Waals surface area contributed by atoms with Crippen LogP contribution in [0.3, 0.4) is 0 Å². The molecule has 0 N–H and O–H groups in total. The first kappa shape index (κ1) is 12.8. The van der Waals surface area contributed by atoms with Crippen molar-refractivity contribution in [3.05, 3.63) is 12.2 Å². The zero-order chi connectivity index (χ0) is 10.6. The number of allylic oxidation sites excluding steroid dienone is 2. The molecule has 0 aromatic heterocycles. The lowest BCUT2D eigenvalue weighted by Crippen LogP contribution is -1.81. The average Bonchev–Trinajstić information content (AvgIpc) is 2.27. The molecule has 0 aromatic rings. The molecule has 0 amide bonds. The van der Waals surface area contributed by atoms with Crippen molar-refractivity contribution < 1.29 is 0 Å². The lowest BCUT2D eigenvalue weighted by atomic mass is 10.1. The fraction of sp³-hybridized carbons (Fsp3) is 0.867. The summed E-state index contributed by atoms with van der Waals surface area (Å²) in [5.41, 5.74) is 0. The van der Waals surface area contributed by atoms with Crippen molar-refractivity contribution in [2.75, 3.05) is 0 Å². The molecular weight excluding hydrogens is 180 g/mol. The number of hydrogen-bond acceptors (Lipinski definition) is 0. The van der Waals surface area contributed by atoms with Crippen molar-refractivity contribution in [1.29, 1.82) is 0 Å². The van der Waals surface area contributed by atoms with Crippen LogP contribution in [0.1, 0.15) is 83.5 Å². The highest BCUT2D eigenvalue weighted by molar-refractivity contribution is 4.81. The molecule has 1 aliphatic carbocycles. The highest BCUT2D eigenvalue weighted by Crippen LogP contribution is 2.13. The molecule has 0 bridgehead atoms. The van der Waals surface area contributed by atoms with Gasteiger partial charge in [-0.3, -0.25) is 0 Å². The summed E-state index contributed by atoms with van der Waals surface area (Å²) in [4.78, 5) is 0. The maximum absolute atomic E-state index is 2.40. The van der Waals surface area contributed by atoms with Gasteiger partial charge in [0.05, 0.1) is 0 Å². The third kappa shape index (κ3) is 8.72. The van der Waals surface area contributed by atoms with Gasteiger partial charge in [0, 0.05) is 0 Å². The molecule has 0 spiro atoms. The Bertz CT molecular complexity index is 130. The van der Waals surface area contributed by atoms with Crippen LogP contribution in [0.15, 0.2) is 12.2 Å². The molecule has 1 aliphatic rings. The van der Waals surface area contributed by atoms with Gasteiger partial charge in [-0.2, -0.15) is 0 Å². The molecule has 0 fully saturated rings. The van der Waals surface area contributed by atoms with Crippen molar-refractivity contribution in [1.82, 2.24) is 0 Å². The molecule has 1 rings (SSSR count). The number of rotatable bonds is 0. The molecule has 0 aromatic carbocycles. The quantitative estimate of drug-likeness (QED) is 0.453. The van der Waals surface area contributed by atoms with E-state index >= 15 is 0 Å². The van der Waals surface area contributed by atoms with E-state index in [2.05, 4.69) is 12.2 Å². The number of hydrogen-bond donors (Lipinski definition) is 0. The summed E-state index contributed by atoms with van der Waals surface area (Å²) >= 11 is 0. The van der Waals surface area contributed by atoms with Gasteiger partial charge in [0.1, 0.15) is 0 Å². The first-order chi connectivity index (χ1) is 7.50. The summed E-state index contributed by atoms with van der Waals surface area (Å²) in [5, 5.41) is 0. The Morgan fingerprint density at radius 1 is 0.333 bits per heavy atom. The highest BCUT2D eigenvalue weighted by atomic mass is 14.0. The fourth-order valence-corrected chi connectivity index (χ4v) is 2.35. The van der Waals surface area contributed by atoms with E-state index < -0.39 is 0 Å². The van der Waals surface area contributed by atoms with Gasteiger partial charge in [0.15, 0.2) is 0 Å². The standard InChI is InChI=1S/C15H28/c1-2-4-6-8-10-12-14-15-13-11-9-7-5-3-1/h1-2H,3-15H2/b2-1+. The van der Waals surface area contributed by atoms with E-state index in [1.54, 1.807) is 0 Å². The topological polar surface area (TPSA) is 0 Å². The van der Waals surface area contributed by atoms with Gasteiger partial charge < -0.3 is 0 Å². The normalized spacial score (nSPS) is 25.1. The van der Waals surface area contributed by atoms with Crippen LogP contribution in [0.25, 0.3) is 0 Å². The third-order valence-corrected chi connectivity index (χ3v) is 3.41. The van der Waals surface area contributed by atoms with E-state index in [1.165, 1.54) is 83.5 Å². The molecule has 0 nitrogen and oxygen atoms in total. The summed E-state index contributed by atoms with van der Waals surface area (Å²) in [6.45, 7) is 0. The first-order valence-electron chi connectivity index (χ1n) is 7.15. The minimum atomic E-state index is 1.32. The Labute approximate surface area is 96.2 Å². The molecule has 88 valence electrons. The molecule has 0 saturated heterocycles. The molecule has 0 radical (unpaired) electrons. The Hall–Kier alpha value is -0.260. The second-order valence-electron chi connectivity index (χ2n) is 4.94. The Kier molecular flexibility index (Phi) is 8.76. The maximum atomic E-state index is 2.40. The Morgan fingerprint density at radius 3 is 0.933 bits per heavy atom. The molecule has 0 heterocycles. The third-order valence-electron chi connectivity index (χ3n) is 3.41. The van der Waals surface area contributed by atoms with Crippen LogP contribution in [0.2, 0.25) is 0 Å². The van der Waals surface area contributed by atoms with Gasteiger partial charge in [-0.15, -0.1) is 0 Å². The van der Waals surface area contributed by atoms with Crippen molar-refractivity contribution in [2.45, 2.75) is 83.5 Å². The predicted octanol–water partition coefficient (Wildman–Crippen LogP) is 5.63. The second kappa shape index (κ2) is 10.3. The van der Waals surface area contributed by atoms with E-state index in [9.17, 15) is 0 Å². The second-order valence-corrected chi connectivity index (χ2v) is 4.94. The van der Waals surface area contributed by atoms with E-state index in [-0.39, 0.29) is 0 Å². The van der Waals surface area contributed by atoms with E-state index in [1.807, 2.05) is 0 Å². The van der Waals surface area contributed by atoms with Crippen LogP contribution < -0.4 is 0 Å². The maximum Gasteiger partial charge on any atom is -0.0351 e. The lowest BCUT2D eigenvalue weighted by molar-refractivity contribution is 0.549. The fourth-order valence-electron chi connectivity index (χ4n) is 2.35. The van der Waals surface area contributed by atoms with Gasteiger partial charge in [0.25, 0.3) is 0 Å². The van der Waals surface area contributed by atoms with Crippen molar-refractivity contribution in [2.24, 2.45) is 0 Å². The zero-order valence-corrected chi connectivity index (χ0v) is 10.3. The Balaban J connectivity index is 2.08. The van der Waals surface area contributed by atoms with Crippen LogP contribution in [-0.2, 0) is 0 Å². The SMILES string of the molecule is C1=C/CCCCCCCCCCCCC/1. The van der Waals surface area contributed by atoms with Gasteiger partial charge in [-0.05, 0) is 25.7 Å². The molecule has 0 heteroatoms. The van der Waals surface area contributed by atoms with Crippen LogP contribution >= 0.6 is 0 Å². The zero-order valence-electron chi connectivity index (χ0n) is 10.3. The predicted molar refractivity (Wildman–Crippen MR) is 69.2 cm³/mol. The molecule has 15 heavy (non-hydrogen) atoms. The lowest BCUT2D eigenvalue weighted by Gasteiger charge is -2.01. The Morgan fingerprint density at radius 2 is 0.600 bits per heavy atom. The minimum absolute atomic E-state index is 1.32. The smallest absolute Gasteiger partial charge is 0.0351 e. The summed E-state index contributed by atoms with van der Waals surface area (Å²) in [5.74, 6) is 0. The largest absolute Gasteiger partial charge is 0.0885 e. The van der Waals surface area contributed by atoms with Crippen LogP contribution in [0, 0.1) is 0 Å². The average molecular weight is 208 g/mol. The summed E-state index contributed by atoms with van der Waals surface area (Å²) in [7, 11) is 0. The highest BCUT2D eigenvalue weighted by Gasteiger charge is 1.93. The molecule has 0 saturated carbocycles. The van der Waals surface area contributed by atoms with Gasteiger partial charge in [-0.25, -0.2) is 0 Å². The van der Waals surface area contributed by atoms with Gasteiger partial charge >= 0.3 is 0 Å². The van der Waals surface area contributed by atoms with Crippen LogP contribution in [0.4, 0.5) is 0 Å². The monoisotopic (exact) mass is 208 g/mol. The summed E-state index contributed by atoms with van der Waals surface area (Å²) in [6.07, 6.45) is 23.5. The van der Waals surface area contributed by atoms with Crippen LogP contribution in [-0.4, -0.2) is 0 Å². The van der Waals surface area contributed by atoms with Crippen LogP contribution in [0.5, 0.6) is 0 Å². The molecule has 0 unspecified atom stereocenters. The summed E-state index contributed by atoms with van der Waals surface area (Å²) in [6, 6.07) is 0. The van der Waals surface area contributed by atoms with E-state index in [0.29, 0.717) is 0 Å². The van der Waals surface area contributed by atoms with E-state index in [0.717, 1.165) is 0 Å². The van der Waals surface area contributed by atoms with E-state index in [4.69, 9.17) is 0 Å². The minimum Gasteiger partial charge on any atom is -0.0885 e. The van der Waals surface area contributed by atoms with Crippen molar-refractivity contribution in [3.63, 3.8) is 0 Å². The van der Waals surface area contributed by atoms with Crippen molar-refractivity contribution >= 4 is 0 Å². The molecule has 0 aliphatic heterocycles. The molecular formula is C15H28. The van der Waals surface area contributed by atoms with Gasteiger partial charge in [-0.1, -0.05) is 69.9 Å². The first-order valence-corrected chi connectivity index (χ1v) is 7.15. The van der Waals surface area contributed by atoms with Gasteiger partial charge in [0.2, 0.25) is 0 Å². The summed E-state index contributed by atoms with van der Waals surface area (Å²) < 4.78 is 0. The van der Waals surface area contributed by atoms with Crippen molar-refractivity contribution in [3.8, 4) is 0 Å².